The second-order valence-corrected chi connectivity index (χ2v) is 6.61. The summed E-state index contributed by atoms with van der Waals surface area (Å²) >= 11 is 0. The minimum Gasteiger partial charge on any atom is -0.376 e. The molecule has 1 aromatic carbocycles. The van der Waals surface area contributed by atoms with Gasteiger partial charge in [-0.25, -0.2) is 8.42 Å². The van der Waals surface area contributed by atoms with Gasteiger partial charge in [0.25, 0.3) is 0 Å². The Hall–Kier alpha value is -1.38. The maximum atomic E-state index is 12.3. The van der Waals surface area contributed by atoms with Crippen LogP contribution in [0.2, 0.25) is 0 Å². The van der Waals surface area contributed by atoms with Crippen LogP contribution in [0.25, 0.3) is 0 Å². The van der Waals surface area contributed by atoms with Crippen molar-refractivity contribution < 1.29 is 13.2 Å². The van der Waals surface area contributed by atoms with E-state index in [1.165, 1.54) is 0 Å². The lowest BCUT2D eigenvalue weighted by Gasteiger charge is -2.34. The maximum Gasteiger partial charge on any atom is 0.208 e. The van der Waals surface area contributed by atoms with Crippen LogP contribution < -0.4 is 0 Å². The molecule has 1 saturated heterocycles. The Bertz CT molecular complexity index is 595. The monoisotopic (exact) mass is 251 g/mol. The highest BCUT2D eigenvalue weighted by Crippen LogP contribution is 2.32. The third kappa shape index (κ3) is 1.65. The summed E-state index contributed by atoms with van der Waals surface area (Å²) in [6, 6.07) is 6.80. The van der Waals surface area contributed by atoms with Gasteiger partial charge in [-0.1, -0.05) is 6.07 Å². The SMILES string of the molecule is Cc1ccc(S(=O)(=O)C2(C#N)COC2)cc1C. The fourth-order valence-corrected chi connectivity index (χ4v) is 3.30. The molecule has 90 valence electrons. The second kappa shape index (κ2) is 3.83. The van der Waals surface area contributed by atoms with E-state index in [4.69, 9.17) is 10.00 Å². The molecule has 1 heterocycles. The summed E-state index contributed by atoms with van der Waals surface area (Å²) in [4.78, 5) is 0.199. The van der Waals surface area contributed by atoms with Gasteiger partial charge in [0, 0.05) is 0 Å². The van der Waals surface area contributed by atoms with Crippen LogP contribution in [-0.4, -0.2) is 26.4 Å². The molecule has 0 N–H and O–H groups in total. The first kappa shape index (κ1) is 12.1. The Labute approximate surface area is 101 Å². The Morgan fingerprint density at radius 2 is 1.94 bits per heavy atom. The topological polar surface area (TPSA) is 67.2 Å². The molecule has 0 aliphatic carbocycles. The minimum atomic E-state index is -3.64. The number of nitrogens with zero attached hydrogens (tertiary/aromatic N) is 1. The van der Waals surface area contributed by atoms with Gasteiger partial charge >= 0.3 is 0 Å². The van der Waals surface area contributed by atoms with Gasteiger partial charge in [0.05, 0.1) is 24.2 Å². The molecule has 0 bridgehead atoms. The molecule has 1 aliphatic rings. The lowest BCUT2D eigenvalue weighted by Crippen LogP contribution is -2.54. The molecular formula is C12H13NO3S. The second-order valence-electron chi connectivity index (χ2n) is 4.35. The van der Waals surface area contributed by atoms with E-state index in [0.717, 1.165) is 11.1 Å². The summed E-state index contributed by atoms with van der Waals surface area (Å²) in [6.07, 6.45) is 0. The van der Waals surface area contributed by atoms with Crippen LogP contribution in [0.5, 0.6) is 0 Å². The number of hydrogen-bond acceptors (Lipinski definition) is 4. The highest BCUT2D eigenvalue weighted by molar-refractivity contribution is 7.93. The lowest BCUT2D eigenvalue weighted by molar-refractivity contribution is 0.0115. The van der Waals surface area contributed by atoms with Crippen molar-refractivity contribution in [1.82, 2.24) is 0 Å². The van der Waals surface area contributed by atoms with Gasteiger partial charge in [0.2, 0.25) is 14.6 Å². The van der Waals surface area contributed by atoms with E-state index in [1.54, 1.807) is 18.2 Å². The smallest absolute Gasteiger partial charge is 0.208 e. The third-order valence-electron chi connectivity index (χ3n) is 3.18. The van der Waals surface area contributed by atoms with Crippen molar-refractivity contribution in [2.75, 3.05) is 13.2 Å². The molecule has 17 heavy (non-hydrogen) atoms. The van der Waals surface area contributed by atoms with E-state index in [1.807, 2.05) is 19.9 Å². The molecule has 5 heteroatoms. The number of nitriles is 1. The predicted molar refractivity (Wildman–Crippen MR) is 62.3 cm³/mol. The zero-order chi connectivity index (χ0) is 12.7. The summed E-state index contributed by atoms with van der Waals surface area (Å²) < 4.78 is 28.2. The highest BCUT2D eigenvalue weighted by Gasteiger charge is 2.52. The van der Waals surface area contributed by atoms with Crippen LogP contribution in [0, 0.1) is 25.2 Å². The van der Waals surface area contributed by atoms with Crippen molar-refractivity contribution in [3.8, 4) is 6.07 Å². The average molecular weight is 251 g/mol. The fraction of sp³-hybridized carbons (Fsp3) is 0.417. The standard InChI is InChI=1S/C12H13NO3S/c1-9-3-4-11(5-10(9)2)17(14,15)12(6-13)7-16-8-12/h3-5H,7-8H2,1-2H3. The van der Waals surface area contributed by atoms with Crippen molar-refractivity contribution >= 4 is 9.84 Å². The molecule has 4 nitrogen and oxygen atoms in total. The van der Waals surface area contributed by atoms with Crippen molar-refractivity contribution in [3.05, 3.63) is 29.3 Å². The van der Waals surface area contributed by atoms with Crippen molar-refractivity contribution in [1.29, 1.82) is 5.26 Å². The van der Waals surface area contributed by atoms with E-state index >= 15 is 0 Å². The number of ether oxygens (including phenoxy) is 1. The van der Waals surface area contributed by atoms with E-state index < -0.39 is 14.6 Å². The first-order valence-corrected chi connectivity index (χ1v) is 6.72. The Morgan fingerprint density at radius 3 is 2.35 bits per heavy atom. The molecular weight excluding hydrogens is 238 g/mol. The zero-order valence-electron chi connectivity index (χ0n) is 9.73. The van der Waals surface area contributed by atoms with Crippen molar-refractivity contribution in [2.24, 2.45) is 0 Å². The van der Waals surface area contributed by atoms with Crippen LogP contribution in [-0.2, 0) is 14.6 Å². The fourth-order valence-electron chi connectivity index (χ4n) is 1.67. The van der Waals surface area contributed by atoms with Gasteiger partial charge < -0.3 is 4.74 Å². The lowest BCUT2D eigenvalue weighted by atomic mass is 10.1. The minimum absolute atomic E-state index is 0.0429. The maximum absolute atomic E-state index is 12.3. The Balaban J connectivity index is 2.53. The molecule has 0 unspecified atom stereocenters. The van der Waals surface area contributed by atoms with Crippen LogP contribution in [0.4, 0.5) is 0 Å². The average Bonchev–Trinajstić information content (AvgIpc) is 2.20. The van der Waals surface area contributed by atoms with Gasteiger partial charge in [0.15, 0.2) is 0 Å². The largest absolute Gasteiger partial charge is 0.376 e. The summed E-state index contributed by atoms with van der Waals surface area (Å²) in [7, 11) is -3.64. The van der Waals surface area contributed by atoms with Gasteiger partial charge in [-0.05, 0) is 37.1 Å². The van der Waals surface area contributed by atoms with E-state index in [0.29, 0.717) is 0 Å². The van der Waals surface area contributed by atoms with Crippen LogP contribution in [0.15, 0.2) is 23.1 Å². The summed E-state index contributed by atoms with van der Waals surface area (Å²) in [5.41, 5.74) is 1.93. The summed E-state index contributed by atoms with van der Waals surface area (Å²) in [5, 5.41) is 9.05. The number of rotatable bonds is 2. The Morgan fingerprint density at radius 1 is 1.29 bits per heavy atom. The number of sulfone groups is 1. The molecule has 0 spiro atoms. The molecule has 0 aromatic heterocycles. The van der Waals surface area contributed by atoms with Gasteiger partial charge in [0.1, 0.15) is 0 Å². The molecule has 0 radical (unpaired) electrons. The molecule has 0 saturated carbocycles. The molecule has 0 amide bonds. The Kier molecular flexibility index (Phi) is 2.72. The van der Waals surface area contributed by atoms with Crippen LogP contribution in [0.1, 0.15) is 11.1 Å². The van der Waals surface area contributed by atoms with E-state index in [-0.39, 0.29) is 18.1 Å². The molecule has 1 aliphatic heterocycles. The van der Waals surface area contributed by atoms with Gasteiger partial charge in [-0.2, -0.15) is 5.26 Å². The van der Waals surface area contributed by atoms with Crippen molar-refractivity contribution in [3.63, 3.8) is 0 Å². The highest BCUT2D eigenvalue weighted by atomic mass is 32.2. The number of aryl methyl sites for hydroxylation is 2. The molecule has 0 atom stereocenters. The zero-order valence-corrected chi connectivity index (χ0v) is 10.5. The summed E-state index contributed by atoms with van der Waals surface area (Å²) in [5.74, 6) is 0. The van der Waals surface area contributed by atoms with Gasteiger partial charge in [-0.15, -0.1) is 0 Å². The normalized spacial score (nSPS) is 18.2. The molecule has 2 rings (SSSR count). The van der Waals surface area contributed by atoms with Crippen molar-refractivity contribution in [2.45, 2.75) is 23.5 Å². The van der Waals surface area contributed by atoms with E-state index in [9.17, 15) is 8.42 Å². The summed E-state index contributed by atoms with van der Waals surface area (Å²) in [6.45, 7) is 3.68. The molecule has 1 fully saturated rings. The quantitative estimate of drug-likeness (QED) is 0.796. The number of hydrogen-bond donors (Lipinski definition) is 0. The first-order chi connectivity index (χ1) is 7.93. The first-order valence-electron chi connectivity index (χ1n) is 5.24. The van der Waals surface area contributed by atoms with Crippen LogP contribution >= 0.6 is 0 Å². The van der Waals surface area contributed by atoms with Crippen LogP contribution in [0.3, 0.4) is 0 Å². The molecule has 1 aromatic rings. The van der Waals surface area contributed by atoms with Gasteiger partial charge in [-0.3, -0.25) is 0 Å². The third-order valence-corrected chi connectivity index (χ3v) is 5.41. The predicted octanol–water partition coefficient (Wildman–Crippen LogP) is 1.37. The van der Waals surface area contributed by atoms with E-state index in [2.05, 4.69) is 0 Å². The number of benzene rings is 1.